The molecule has 2 aliphatic rings. The predicted molar refractivity (Wildman–Crippen MR) is 143 cm³/mol. The second kappa shape index (κ2) is 10.7. The van der Waals surface area contributed by atoms with Gasteiger partial charge in [-0.25, -0.2) is 9.78 Å². The molecule has 2 aromatic heterocycles. The van der Waals surface area contributed by atoms with E-state index in [1.54, 1.807) is 23.1 Å². The van der Waals surface area contributed by atoms with Gasteiger partial charge in [-0.2, -0.15) is 0 Å². The molecule has 0 saturated carbocycles. The zero-order valence-electron chi connectivity index (χ0n) is 20.8. The molecule has 4 amide bonds. The number of hydrogen-bond acceptors (Lipinski definition) is 6. The molecule has 1 fully saturated rings. The monoisotopic (exact) mass is 543 g/mol. The van der Waals surface area contributed by atoms with Crippen LogP contribution in [0.4, 0.5) is 4.79 Å². The SMILES string of the molecule is CCNC(=O)N1CC[C@H](NC(=O)c2cc3cc(Cl)ccc3[nH]2)[C@H](NC(=O)c2nc3c(s2)CN(C)CC3)C1. The van der Waals surface area contributed by atoms with Crippen LogP contribution in [-0.2, 0) is 13.0 Å². The number of likely N-dealkylation sites (tertiary alicyclic amines) is 1. The Morgan fingerprint density at radius 2 is 1.97 bits per heavy atom. The Morgan fingerprint density at radius 3 is 2.78 bits per heavy atom. The van der Waals surface area contributed by atoms with Gasteiger partial charge in [-0.05, 0) is 44.7 Å². The molecule has 1 saturated heterocycles. The van der Waals surface area contributed by atoms with E-state index in [4.69, 9.17) is 11.6 Å². The number of aromatic nitrogens is 2. The van der Waals surface area contributed by atoms with Crippen molar-refractivity contribution < 1.29 is 14.4 Å². The molecule has 5 rings (SSSR count). The zero-order valence-corrected chi connectivity index (χ0v) is 22.3. The Labute approximate surface area is 223 Å². The number of halogens is 1. The molecule has 0 spiro atoms. The summed E-state index contributed by atoms with van der Waals surface area (Å²) in [5.41, 5.74) is 2.19. The predicted octanol–water partition coefficient (Wildman–Crippen LogP) is 2.60. The van der Waals surface area contributed by atoms with Crippen LogP contribution in [0.5, 0.6) is 0 Å². The van der Waals surface area contributed by atoms with Crippen molar-refractivity contribution in [2.45, 2.75) is 38.4 Å². The summed E-state index contributed by atoms with van der Waals surface area (Å²) < 4.78 is 0. The van der Waals surface area contributed by atoms with Gasteiger partial charge in [0.1, 0.15) is 5.69 Å². The number of fused-ring (bicyclic) bond motifs is 2. The lowest BCUT2D eigenvalue weighted by Crippen LogP contribution is -2.62. The highest BCUT2D eigenvalue weighted by Crippen LogP contribution is 2.25. The Morgan fingerprint density at radius 1 is 1.16 bits per heavy atom. The standard InChI is InChI=1S/C25H30ClN7O3S/c1-3-27-25(36)33-9-7-17(29-22(34)19-11-14-10-15(26)4-5-16(14)28-19)20(12-33)30-23(35)24-31-18-6-8-32(2)13-21(18)37-24/h4-5,10-11,17,20,28H,3,6-9,12-13H2,1-2H3,(H,27,36)(H,29,34)(H,30,35)/t17-,20+/m0/s1. The third-order valence-electron chi connectivity index (χ3n) is 6.80. The third kappa shape index (κ3) is 5.58. The number of rotatable bonds is 5. The van der Waals surface area contributed by atoms with E-state index in [-0.39, 0.29) is 30.4 Å². The van der Waals surface area contributed by atoms with Crippen LogP contribution in [0.15, 0.2) is 24.3 Å². The van der Waals surface area contributed by atoms with Gasteiger partial charge >= 0.3 is 6.03 Å². The van der Waals surface area contributed by atoms with E-state index < -0.39 is 6.04 Å². The number of nitrogens with zero attached hydrogens (tertiary/aromatic N) is 3. The number of H-pyrrole nitrogens is 1. The van der Waals surface area contributed by atoms with Crippen molar-refractivity contribution in [3.8, 4) is 0 Å². The van der Waals surface area contributed by atoms with Crippen molar-refractivity contribution in [3.05, 3.63) is 50.6 Å². The minimum atomic E-state index is -0.477. The van der Waals surface area contributed by atoms with Gasteiger partial charge in [0.25, 0.3) is 11.8 Å². The molecule has 3 aromatic rings. The molecule has 4 N–H and O–H groups in total. The second-order valence-electron chi connectivity index (χ2n) is 9.52. The zero-order chi connectivity index (χ0) is 26.1. The number of nitrogens with one attached hydrogen (secondary N) is 4. The molecule has 37 heavy (non-hydrogen) atoms. The maximum Gasteiger partial charge on any atom is 0.317 e. The molecule has 0 aliphatic carbocycles. The lowest BCUT2D eigenvalue weighted by atomic mass is 9.99. The molecule has 12 heteroatoms. The number of piperidine rings is 1. The molecule has 0 radical (unpaired) electrons. The Balaban J connectivity index is 1.33. The fraction of sp³-hybridized carbons (Fsp3) is 0.440. The molecule has 4 heterocycles. The summed E-state index contributed by atoms with van der Waals surface area (Å²) in [6, 6.07) is 6.11. The number of likely N-dealkylation sites (N-methyl/N-ethyl adjacent to an activating group) is 1. The van der Waals surface area contributed by atoms with Gasteiger partial charge < -0.3 is 30.7 Å². The molecule has 196 valence electrons. The number of benzene rings is 1. The maximum atomic E-state index is 13.2. The van der Waals surface area contributed by atoms with Crippen molar-refractivity contribution in [1.29, 1.82) is 0 Å². The average molecular weight is 544 g/mol. The number of hydrogen-bond donors (Lipinski definition) is 4. The van der Waals surface area contributed by atoms with E-state index in [9.17, 15) is 14.4 Å². The van der Waals surface area contributed by atoms with Gasteiger partial charge in [-0.3, -0.25) is 9.59 Å². The summed E-state index contributed by atoms with van der Waals surface area (Å²) in [6.45, 7) is 4.80. The van der Waals surface area contributed by atoms with Crippen molar-refractivity contribution in [2.24, 2.45) is 0 Å². The normalized spacial score (nSPS) is 19.9. The van der Waals surface area contributed by atoms with Gasteiger partial charge in [0, 0.05) is 59.9 Å². The highest BCUT2D eigenvalue weighted by Gasteiger charge is 2.35. The third-order valence-corrected chi connectivity index (χ3v) is 8.12. The lowest BCUT2D eigenvalue weighted by Gasteiger charge is -2.39. The summed E-state index contributed by atoms with van der Waals surface area (Å²) in [5.74, 6) is -0.569. The number of carbonyl (C=O) groups is 3. The number of amides is 4. The minimum Gasteiger partial charge on any atom is -0.351 e. The number of carbonyl (C=O) groups excluding carboxylic acids is 3. The first kappa shape index (κ1) is 25.5. The van der Waals surface area contributed by atoms with Crippen LogP contribution < -0.4 is 16.0 Å². The number of aromatic amines is 1. The largest absolute Gasteiger partial charge is 0.351 e. The first-order valence-electron chi connectivity index (χ1n) is 12.4. The summed E-state index contributed by atoms with van der Waals surface area (Å²) in [6.07, 6.45) is 1.32. The first-order chi connectivity index (χ1) is 17.8. The Bertz CT molecular complexity index is 1340. The van der Waals surface area contributed by atoms with Crippen molar-refractivity contribution >= 4 is 51.7 Å². The van der Waals surface area contributed by atoms with E-state index in [1.807, 2.05) is 13.0 Å². The van der Waals surface area contributed by atoms with Crippen LogP contribution in [0.1, 0.15) is 44.2 Å². The summed E-state index contributed by atoms with van der Waals surface area (Å²) in [5, 5.41) is 10.8. The quantitative estimate of drug-likeness (QED) is 0.394. The van der Waals surface area contributed by atoms with Gasteiger partial charge in [0.15, 0.2) is 5.01 Å². The summed E-state index contributed by atoms with van der Waals surface area (Å²) in [4.78, 5) is 51.6. The summed E-state index contributed by atoms with van der Waals surface area (Å²) >= 11 is 7.49. The topological polar surface area (TPSA) is 122 Å². The molecule has 0 bridgehead atoms. The molecule has 10 nitrogen and oxygen atoms in total. The molecule has 2 atom stereocenters. The molecule has 2 aliphatic heterocycles. The van der Waals surface area contributed by atoms with Gasteiger partial charge in [-0.15, -0.1) is 11.3 Å². The van der Waals surface area contributed by atoms with E-state index >= 15 is 0 Å². The van der Waals surface area contributed by atoms with Crippen LogP contribution in [0.25, 0.3) is 10.9 Å². The lowest BCUT2D eigenvalue weighted by molar-refractivity contribution is 0.0826. The fourth-order valence-electron chi connectivity index (χ4n) is 4.84. The van der Waals surface area contributed by atoms with E-state index in [0.717, 1.165) is 41.0 Å². The van der Waals surface area contributed by atoms with Crippen molar-refractivity contribution in [2.75, 3.05) is 33.2 Å². The van der Waals surface area contributed by atoms with Crippen molar-refractivity contribution in [1.82, 2.24) is 35.7 Å². The van der Waals surface area contributed by atoms with Crippen LogP contribution in [0, 0.1) is 0 Å². The highest BCUT2D eigenvalue weighted by atomic mass is 35.5. The fourth-order valence-corrected chi connectivity index (χ4v) is 6.11. The first-order valence-corrected chi connectivity index (χ1v) is 13.6. The average Bonchev–Trinajstić information content (AvgIpc) is 3.49. The molecule has 0 unspecified atom stereocenters. The van der Waals surface area contributed by atoms with Gasteiger partial charge in [0.05, 0.1) is 17.8 Å². The minimum absolute atomic E-state index is 0.188. The van der Waals surface area contributed by atoms with E-state index in [2.05, 4.69) is 37.9 Å². The smallest absolute Gasteiger partial charge is 0.317 e. The van der Waals surface area contributed by atoms with Crippen LogP contribution in [-0.4, -0.2) is 82.9 Å². The number of thiazole rings is 1. The van der Waals surface area contributed by atoms with Crippen LogP contribution in [0.2, 0.25) is 5.02 Å². The Kier molecular flexibility index (Phi) is 7.36. The molecular weight excluding hydrogens is 514 g/mol. The van der Waals surface area contributed by atoms with Gasteiger partial charge in [0.2, 0.25) is 0 Å². The Hall–Kier alpha value is -3.15. The van der Waals surface area contributed by atoms with Crippen LogP contribution >= 0.6 is 22.9 Å². The maximum absolute atomic E-state index is 13.2. The highest BCUT2D eigenvalue weighted by molar-refractivity contribution is 7.13. The van der Waals surface area contributed by atoms with Gasteiger partial charge in [-0.1, -0.05) is 11.6 Å². The van der Waals surface area contributed by atoms with E-state index in [1.165, 1.54) is 11.3 Å². The van der Waals surface area contributed by atoms with Crippen LogP contribution in [0.3, 0.4) is 0 Å². The number of urea groups is 1. The molecular formula is C25H30ClN7O3S. The molecule has 1 aromatic carbocycles. The van der Waals surface area contributed by atoms with Crippen molar-refractivity contribution in [3.63, 3.8) is 0 Å². The second-order valence-corrected chi connectivity index (χ2v) is 11.0. The van der Waals surface area contributed by atoms with E-state index in [0.29, 0.717) is 35.2 Å². The summed E-state index contributed by atoms with van der Waals surface area (Å²) in [7, 11) is 2.05.